The minimum atomic E-state index is -0.988. The maximum Gasteiger partial charge on any atom is 0.322 e. The largest absolute Gasteiger partial charge is 0.480 e. The molecule has 0 amide bonds. The Labute approximate surface area is 173 Å². The van der Waals surface area contributed by atoms with Crippen LogP contribution in [0.25, 0.3) is 22.2 Å². The standard InChI is InChI=1S/C23H23N3O4/c1-12-7-13(2)11-26(10-12)17-8-16(24-9-18(27)28)19-20-21(17)25-30-23(20)15-6-4-3-5-14(15)22(19)29/h3-6,8,12-13,24H,7,9-11H2,1-2H3,(H,27,28). The van der Waals surface area contributed by atoms with Crippen molar-refractivity contribution in [3.8, 4) is 11.3 Å². The fourth-order valence-corrected chi connectivity index (χ4v) is 4.95. The van der Waals surface area contributed by atoms with Crippen molar-refractivity contribution >= 4 is 34.0 Å². The number of nitrogens with one attached hydrogen (secondary N) is 1. The predicted octanol–water partition coefficient (Wildman–Crippen LogP) is 4.02. The zero-order chi connectivity index (χ0) is 21.0. The van der Waals surface area contributed by atoms with Crippen molar-refractivity contribution in [1.29, 1.82) is 0 Å². The topological polar surface area (TPSA) is 95.7 Å². The molecule has 7 heteroatoms. The van der Waals surface area contributed by atoms with E-state index >= 15 is 0 Å². The van der Waals surface area contributed by atoms with Gasteiger partial charge in [-0.05, 0) is 24.3 Å². The first-order valence-corrected chi connectivity index (χ1v) is 10.2. The fourth-order valence-electron chi connectivity index (χ4n) is 4.95. The molecule has 7 nitrogen and oxygen atoms in total. The summed E-state index contributed by atoms with van der Waals surface area (Å²) >= 11 is 0. The van der Waals surface area contributed by atoms with E-state index < -0.39 is 5.97 Å². The first-order valence-electron chi connectivity index (χ1n) is 10.2. The molecule has 0 spiro atoms. The Kier molecular flexibility index (Phi) is 4.27. The molecule has 1 fully saturated rings. The van der Waals surface area contributed by atoms with Gasteiger partial charge in [0, 0.05) is 29.9 Å². The second kappa shape index (κ2) is 6.86. The van der Waals surface area contributed by atoms with Crippen molar-refractivity contribution in [1.82, 2.24) is 5.16 Å². The highest BCUT2D eigenvalue weighted by atomic mass is 16.5. The number of carbonyl (C=O) groups excluding carboxylic acids is 1. The number of aromatic nitrogens is 1. The van der Waals surface area contributed by atoms with E-state index in [1.165, 1.54) is 0 Å². The van der Waals surface area contributed by atoms with Gasteiger partial charge in [0.05, 0.1) is 16.6 Å². The average Bonchev–Trinajstić information content (AvgIpc) is 3.15. The lowest BCUT2D eigenvalue weighted by molar-refractivity contribution is -0.134. The van der Waals surface area contributed by atoms with E-state index in [4.69, 9.17) is 4.52 Å². The Morgan fingerprint density at radius 2 is 1.93 bits per heavy atom. The quantitative estimate of drug-likeness (QED) is 0.529. The number of rotatable bonds is 4. The van der Waals surface area contributed by atoms with E-state index in [1.807, 2.05) is 24.3 Å². The van der Waals surface area contributed by atoms with Crippen LogP contribution >= 0.6 is 0 Å². The summed E-state index contributed by atoms with van der Waals surface area (Å²) in [5, 5.41) is 17.2. The summed E-state index contributed by atoms with van der Waals surface area (Å²) in [6.07, 6.45) is 1.16. The van der Waals surface area contributed by atoms with Crippen molar-refractivity contribution in [2.75, 3.05) is 29.9 Å². The number of carboxylic acid groups (broad SMARTS) is 1. The van der Waals surface area contributed by atoms with Crippen molar-refractivity contribution in [2.45, 2.75) is 20.3 Å². The normalized spacial score (nSPS) is 20.3. The number of anilines is 2. The molecule has 154 valence electrons. The number of benzene rings is 2. The molecule has 5 rings (SSSR count). The van der Waals surface area contributed by atoms with Gasteiger partial charge in [0.15, 0.2) is 11.5 Å². The first-order chi connectivity index (χ1) is 14.4. The number of fused-ring (bicyclic) bond motifs is 2. The number of aliphatic carboxylic acids is 1. The Hall–Kier alpha value is -3.35. The summed E-state index contributed by atoms with van der Waals surface area (Å²) in [5.41, 5.74) is 3.73. The fraction of sp³-hybridized carbons (Fsp3) is 0.348. The van der Waals surface area contributed by atoms with Crippen LogP contribution in [-0.2, 0) is 4.79 Å². The van der Waals surface area contributed by atoms with E-state index in [0.717, 1.165) is 30.8 Å². The molecule has 1 aromatic heterocycles. The van der Waals surface area contributed by atoms with Gasteiger partial charge in [-0.15, -0.1) is 0 Å². The third-order valence-corrected chi connectivity index (χ3v) is 6.02. The lowest BCUT2D eigenvalue weighted by Gasteiger charge is -2.37. The molecular weight excluding hydrogens is 382 g/mol. The highest BCUT2D eigenvalue weighted by Gasteiger charge is 2.34. The lowest BCUT2D eigenvalue weighted by atomic mass is 9.85. The van der Waals surface area contributed by atoms with E-state index in [1.54, 1.807) is 6.07 Å². The zero-order valence-corrected chi connectivity index (χ0v) is 16.9. The maximum atomic E-state index is 13.4. The third-order valence-electron chi connectivity index (χ3n) is 6.02. The van der Waals surface area contributed by atoms with Crippen LogP contribution in [0.5, 0.6) is 0 Å². The van der Waals surface area contributed by atoms with Crippen molar-refractivity contribution < 1.29 is 19.2 Å². The summed E-state index contributed by atoms with van der Waals surface area (Å²) in [4.78, 5) is 26.9. The highest BCUT2D eigenvalue weighted by molar-refractivity contribution is 6.28. The van der Waals surface area contributed by atoms with Crippen molar-refractivity contribution in [3.63, 3.8) is 0 Å². The molecular formula is C23H23N3O4. The Morgan fingerprint density at radius 3 is 2.63 bits per heavy atom. The maximum absolute atomic E-state index is 13.4. The van der Waals surface area contributed by atoms with E-state index in [0.29, 0.717) is 45.3 Å². The van der Waals surface area contributed by atoms with Crippen LogP contribution in [0.3, 0.4) is 0 Å². The molecule has 1 aliphatic carbocycles. The van der Waals surface area contributed by atoms with E-state index in [9.17, 15) is 14.7 Å². The molecule has 0 radical (unpaired) electrons. The Morgan fingerprint density at radius 1 is 1.23 bits per heavy atom. The number of carbonyl (C=O) groups is 2. The summed E-state index contributed by atoms with van der Waals surface area (Å²) in [7, 11) is 0. The Balaban J connectivity index is 1.76. The molecule has 1 saturated heterocycles. The number of hydrogen-bond acceptors (Lipinski definition) is 6. The minimum absolute atomic E-state index is 0.147. The van der Waals surface area contributed by atoms with Gasteiger partial charge >= 0.3 is 5.97 Å². The third kappa shape index (κ3) is 2.84. The second-order valence-electron chi connectivity index (χ2n) is 8.53. The zero-order valence-electron chi connectivity index (χ0n) is 16.9. The molecule has 2 aromatic carbocycles. The lowest BCUT2D eigenvalue weighted by Crippen LogP contribution is -2.39. The first kappa shape index (κ1) is 18.7. The molecule has 30 heavy (non-hydrogen) atoms. The van der Waals surface area contributed by atoms with Gasteiger partial charge < -0.3 is 19.8 Å². The molecule has 2 N–H and O–H groups in total. The van der Waals surface area contributed by atoms with Gasteiger partial charge in [-0.3, -0.25) is 9.59 Å². The monoisotopic (exact) mass is 405 g/mol. The number of nitrogens with zero attached hydrogens (tertiary/aromatic N) is 2. The molecule has 2 aliphatic rings. The second-order valence-corrected chi connectivity index (χ2v) is 8.53. The van der Waals surface area contributed by atoms with Crippen molar-refractivity contribution in [2.24, 2.45) is 11.8 Å². The van der Waals surface area contributed by atoms with Crippen LogP contribution in [0, 0.1) is 11.8 Å². The summed E-state index contributed by atoms with van der Waals surface area (Å²) in [6, 6.07) is 9.16. The highest BCUT2D eigenvalue weighted by Crippen LogP contribution is 2.46. The van der Waals surface area contributed by atoms with Gasteiger partial charge in [0.2, 0.25) is 0 Å². The molecule has 1 aliphatic heterocycles. The number of carboxylic acids is 1. The number of piperidine rings is 1. The molecule has 2 heterocycles. The molecule has 2 atom stereocenters. The van der Waals surface area contributed by atoms with Crippen LogP contribution in [0.1, 0.15) is 36.2 Å². The molecule has 3 aromatic rings. The summed E-state index contributed by atoms with van der Waals surface area (Å²) in [5.74, 6) is 0.485. The van der Waals surface area contributed by atoms with Crippen LogP contribution < -0.4 is 10.2 Å². The summed E-state index contributed by atoms with van der Waals surface area (Å²) in [6.45, 7) is 5.94. The van der Waals surface area contributed by atoms with Crippen LogP contribution in [0.4, 0.5) is 11.4 Å². The van der Waals surface area contributed by atoms with Crippen LogP contribution in [0.15, 0.2) is 34.9 Å². The van der Waals surface area contributed by atoms with E-state index in [-0.39, 0.29) is 12.3 Å². The van der Waals surface area contributed by atoms with Gasteiger partial charge in [0.1, 0.15) is 12.1 Å². The van der Waals surface area contributed by atoms with Gasteiger partial charge in [-0.25, -0.2) is 0 Å². The number of hydrogen-bond donors (Lipinski definition) is 2. The van der Waals surface area contributed by atoms with Gasteiger partial charge in [-0.1, -0.05) is 43.3 Å². The Bertz CT molecular complexity index is 1170. The average molecular weight is 405 g/mol. The van der Waals surface area contributed by atoms with Gasteiger partial charge in [-0.2, -0.15) is 0 Å². The molecule has 2 unspecified atom stereocenters. The van der Waals surface area contributed by atoms with E-state index in [2.05, 4.69) is 29.2 Å². The number of ketones is 1. The molecule has 0 saturated carbocycles. The van der Waals surface area contributed by atoms with Crippen LogP contribution in [-0.4, -0.2) is 41.7 Å². The SMILES string of the molecule is CC1CC(C)CN(c2cc(NCC(=O)O)c3c4c(onc24)-c2ccccc2C3=O)C1. The smallest absolute Gasteiger partial charge is 0.322 e. The molecule has 0 bridgehead atoms. The predicted molar refractivity (Wildman–Crippen MR) is 114 cm³/mol. The van der Waals surface area contributed by atoms with Crippen molar-refractivity contribution in [3.05, 3.63) is 41.5 Å². The van der Waals surface area contributed by atoms with Gasteiger partial charge in [0.25, 0.3) is 0 Å². The van der Waals surface area contributed by atoms with Crippen LogP contribution in [0.2, 0.25) is 0 Å². The minimum Gasteiger partial charge on any atom is -0.480 e. The summed E-state index contributed by atoms with van der Waals surface area (Å²) < 4.78 is 5.76.